The first-order valence-electron chi connectivity index (χ1n) is 8.71. The molecule has 0 radical (unpaired) electrons. The van der Waals surface area contributed by atoms with Gasteiger partial charge in [-0.25, -0.2) is 9.37 Å². The first-order valence-corrected chi connectivity index (χ1v) is 8.71. The monoisotopic (exact) mass is 396 g/mol. The maximum Gasteiger partial charge on any atom is 0.273 e. The Labute approximate surface area is 164 Å². The molecular weight excluding hydrogens is 379 g/mol. The van der Waals surface area contributed by atoms with Gasteiger partial charge in [-0.05, 0) is 37.3 Å². The van der Waals surface area contributed by atoms with Crippen molar-refractivity contribution in [2.75, 3.05) is 6.54 Å². The normalized spacial score (nSPS) is 10.6. The molecule has 0 bridgehead atoms. The van der Waals surface area contributed by atoms with E-state index in [-0.39, 0.29) is 35.7 Å². The lowest BCUT2D eigenvalue weighted by Crippen LogP contribution is -2.30. The van der Waals surface area contributed by atoms with Crippen molar-refractivity contribution in [3.63, 3.8) is 0 Å². The number of rotatable bonds is 6. The van der Waals surface area contributed by atoms with Gasteiger partial charge in [0.25, 0.3) is 17.2 Å². The van der Waals surface area contributed by atoms with Crippen molar-refractivity contribution in [1.29, 1.82) is 0 Å². The third-order valence-corrected chi connectivity index (χ3v) is 4.33. The summed E-state index contributed by atoms with van der Waals surface area (Å²) >= 11 is 0. The van der Waals surface area contributed by atoms with Gasteiger partial charge in [-0.15, -0.1) is 0 Å². The minimum Gasteiger partial charge on any atom is -0.350 e. The van der Waals surface area contributed by atoms with Crippen LogP contribution in [-0.4, -0.2) is 26.9 Å². The molecule has 0 unspecified atom stereocenters. The summed E-state index contributed by atoms with van der Waals surface area (Å²) in [5.41, 5.74) is 1.21. The highest BCUT2D eigenvalue weighted by molar-refractivity contribution is 5.94. The highest BCUT2D eigenvalue weighted by Gasteiger charge is 2.14. The largest absolute Gasteiger partial charge is 0.350 e. The van der Waals surface area contributed by atoms with Crippen LogP contribution in [0.25, 0.3) is 11.3 Å². The molecule has 3 rings (SSSR count). The van der Waals surface area contributed by atoms with Gasteiger partial charge in [0.1, 0.15) is 5.82 Å². The lowest BCUT2D eigenvalue weighted by atomic mass is 10.1. The van der Waals surface area contributed by atoms with Gasteiger partial charge < -0.3 is 5.32 Å². The summed E-state index contributed by atoms with van der Waals surface area (Å²) in [6, 6.07) is 11.2. The number of hydrogen-bond donors (Lipinski definition) is 1. The maximum absolute atomic E-state index is 13.0. The number of aromatic nitrogens is 2. The van der Waals surface area contributed by atoms with Gasteiger partial charge in [-0.1, -0.05) is 6.07 Å². The van der Waals surface area contributed by atoms with Crippen LogP contribution in [0, 0.1) is 22.9 Å². The Morgan fingerprint density at radius 2 is 1.93 bits per heavy atom. The number of nitrogens with zero attached hydrogens (tertiary/aromatic N) is 3. The Morgan fingerprint density at radius 3 is 2.59 bits per heavy atom. The number of nitro benzene ring substituents is 1. The second kappa shape index (κ2) is 8.42. The van der Waals surface area contributed by atoms with E-state index in [1.54, 1.807) is 6.92 Å². The zero-order chi connectivity index (χ0) is 21.0. The molecule has 0 aliphatic rings. The van der Waals surface area contributed by atoms with Crippen molar-refractivity contribution in [3.8, 4) is 11.3 Å². The fraction of sp³-hybridized carbons (Fsp3) is 0.150. The van der Waals surface area contributed by atoms with E-state index in [1.807, 2.05) is 0 Å². The smallest absolute Gasteiger partial charge is 0.273 e. The molecule has 3 aromatic rings. The molecule has 0 aliphatic carbocycles. The minimum atomic E-state index is -0.542. The van der Waals surface area contributed by atoms with E-state index in [2.05, 4.69) is 10.3 Å². The van der Waals surface area contributed by atoms with Gasteiger partial charge in [0.2, 0.25) is 0 Å². The average Bonchev–Trinajstić information content (AvgIpc) is 2.69. The number of amides is 1. The first-order chi connectivity index (χ1) is 13.8. The number of nitro groups is 1. The Kier molecular flexibility index (Phi) is 5.77. The zero-order valence-corrected chi connectivity index (χ0v) is 15.5. The number of hydrogen-bond acceptors (Lipinski definition) is 5. The molecule has 0 aliphatic heterocycles. The van der Waals surface area contributed by atoms with E-state index in [0.717, 1.165) is 0 Å². The predicted molar refractivity (Wildman–Crippen MR) is 104 cm³/mol. The molecule has 29 heavy (non-hydrogen) atoms. The molecule has 148 valence electrons. The van der Waals surface area contributed by atoms with Gasteiger partial charge in [0, 0.05) is 41.9 Å². The summed E-state index contributed by atoms with van der Waals surface area (Å²) in [4.78, 5) is 39.1. The molecule has 1 amide bonds. The maximum atomic E-state index is 13.0. The quantitative estimate of drug-likeness (QED) is 0.509. The lowest BCUT2D eigenvalue weighted by molar-refractivity contribution is -0.385. The number of aryl methyl sites for hydroxylation is 1. The minimum absolute atomic E-state index is 0.130. The highest BCUT2D eigenvalue weighted by Crippen LogP contribution is 2.19. The van der Waals surface area contributed by atoms with Crippen molar-refractivity contribution in [3.05, 3.63) is 92.3 Å². The van der Waals surface area contributed by atoms with Gasteiger partial charge in [0.05, 0.1) is 16.9 Å². The summed E-state index contributed by atoms with van der Waals surface area (Å²) in [6.07, 6.45) is 1.35. The molecule has 0 spiro atoms. The third kappa shape index (κ3) is 4.70. The average molecular weight is 396 g/mol. The van der Waals surface area contributed by atoms with Crippen molar-refractivity contribution in [1.82, 2.24) is 14.9 Å². The lowest BCUT2D eigenvalue weighted by Gasteiger charge is -2.09. The van der Waals surface area contributed by atoms with E-state index in [4.69, 9.17) is 0 Å². The van der Waals surface area contributed by atoms with Crippen molar-refractivity contribution in [2.45, 2.75) is 13.5 Å². The summed E-state index contributed by atoms with van der Waals surface area (Å²) in [7, 11) is 0. The molecule has 0 fully saturated rings. The van der Waals surface area contributed by atoms with Crippen LogP contribution < -0.4 is 10.9 Å². The SMILES string of the molecule is Cc1ccc(C(=O)NCCn2cnc(-c3ccc(F)cc3)cc2=O)cc1[N+](=O)[O-]. The number of carbonyl (C=O) groups is 1. The van der Waals surface area contributed by atoms with Gasteiger partial charge >= 0.3 is 0 Å². The van der Waals surface area contributed by atoms with Crippen LogP contribution in [-0.2, 0) is 6.54 Å². The molecular formula is C20H17FN4O4. The molecule has 9 heteroatoms. The van der Waals surface area contributed by atoms with E-state index in [1.165, 1.54) is 59.4 Å². The van der Waals surface area contributed by atoms with Gasteiger partial charge in [-0.3, -0.25) is 24.3 Å². The van der Waals surface area contributed by atoms with Crippen LogP contribution in [0.5, 0.6) is 0 Å². The molecule has 0 atom stereocenters. The summed E-state index contributed by atoms with van der Waals surface area (Å²) in [5, 5.41) is 13.6. The van der Waals surface area contributed by atoms with Crippen molar-refractivity contribution in [2.24, 2.45) is 0 Å². The molecule has 8 nitrogen and oxygen atoms in total. The topological polar surface area (TPSA) is 107 Å². The van der Waals surface area contributed by atoms with E-state index >= 15 is 0 Å². The van der Waals surface area contributed by atoms with Crippen LogP contribution >= 0.6 is 0 Å². The molecule has 2 aromatic carbocycles. The molecule has 1 heterocycles. The van der Waals surface area contributed by atoms with Crippen LogP contribution in [0.4, 0.5) is 10.1 Å². The Balaban J connectivity index is 1.64. The second-order valence-corrected chi connectivity index (χ2v) is 6.33. The molecule has 1 N–H and O–H groups in total. The van der Waals surface area contributed by atoms with E-state index in [0.29, 0.717) is 16.8 Å². The van der Waals surface area contributed by atoms with Crippen LogP contribution in [0.3, 0.4) is 0 Å². The number of benzene rings is 2. The Morgan fingerprint density at radius 1 is 1.21 bits per heavy atom. The van der Waals surface area contributed by atoms with Crippen LogP contribution in [0.1, 0.15) is 15.9 Å². The standard InChI is InChI=1S/C20H17FN4O4/c1-13-2-3-15(10-18(13)25(28)29)20(27)22-8-9-24-12-23-17(11-19(24)26)14-4-6-16(21)7-5-14/h2-7,10-12H,8-9H2,1H3,(H,22,27). The zero-order valence-electron chi connectivity index (χ0n) is 15.5. The second-order valence-electron chi connectivity index (χ2n) is 6.33. The van der Waals surface area contributed by atoms with Gasteiger partial charge in [-0.2, -0.15) is 0 Å². The molecule has 0 saturated heterocycles. The summed E-state index contributed by atoms with van der Waals surface area (Å²) in [6.45, 7) is 1.90. The Hall–Kier alpha value is -3.88. The summed E-state index contributed by atoms with van der Waals surface area (Å²) in [5.74, 6) is -0.853. The van der Waals surface area contributed by atoms with E-state index in [9.17, 15) is 24.1 Å². The Bertz CT molecular complexity index is 1130. The highest BCUT2D eigenvalue weighted by atomic mass is 19.1. The summed E-state index contributed by atoms with van der Waals surface area (Å²) < 4.78 is 14.3. The molecule has 0 saturated carbocycles. The predicted octanol–water partition coefficient (Wildman–Crippen LogP) is 2.70. The number of halogens is 1. The number of carbonyl (C=O) groups excluding carboxylic acids is 1. The molecule has 1 aromatic heterocycles. The number of nitrogens with one attached hydrogen (secondary N) is 1. The fourth-order valence-electron chi connectivity index (χ4n) is 2.71. The van der Waals surface area contributed by atoms with Crippen molar-refractivity contribution < 1.29 is 14.1 Å². The van der Waals surface area contributed by atoms with Crippen LogP contribution in [0.15, 0.2) is 59.7 Å². The fourth-order valence-corrected chi connectivity index (χ4v) is 2.71. The van der Waals surface area contributed by atoms with Crippen molar-refractivity contribution >= 4 is 11.6 Å². The van der Waals surface area contributed by atoms with E-state index < -0.39 is 10.8 Å². The first kappa shape index (κ1) is 19.9. The van der Waals surface area contributed by atoms with Gasteiger partial charge in [0.15, 0.2) is 0 Å². The third-order valence-electron chi connectivity index (χ3n) is 4.33. The van der Waals surface area contributed by atoms with Crippen LogP contribution in [0.2, 0.25) is 0 Å².